The Hall–Kier alpha value is -1.19. The molecule has 0 aromatic heterocycles. The number of nitrogens with zero attached hydrogens (tertiary/aromatic N) is 4. The lowest BCUT2D eigenvalue weighted by Gasteiger charge is -2.39. The van der Waals surface area contributed by atoms with Gasteiger partial charge in [-0.1, -0.05) is 25.7 Å². The van der Waals surface area contributed by atoms with Crippen molar-refractivity contribution >= 4 is 22.0 Å². The van der Waals surface area contributed by atoms with Crippen LogP contribution in [0.5, 0.6) is 0 Å². The van der Waals surface area contributed by atoms with E-state index in [2.05, 4.69) is 0 Å². The normalized spacial score (nSPS) is 23.9. The minimum Gasteiger partial charge on any atom is -0.339 e. The summed E-state index contributed by atoms with van der Waals surface area (Å²) in [6, 6.07) is 0.0902. The van der Waals surface area contributed by atoms with E-state index in [-0.39, 0.29) is 24.4 Å². The summed E-state index contributed by atoms with van der Waals surface area (Å²) in [7, 11) is -1.80. The number of carbonyl (C=O) groups excluding carboxylic acids is 2. The predicted molar refractivity (Wildman–Crippen MR) is 107 cm³/mol. The molecule has 0 N–H and O–H groups in total. The van der Waals surface area contributed by atoms with Gasteiger partial charge in [0.1, 0.15) is 0 Å². The molecule has 0 spiro atoms. The van der Waals surface area contributed by atoms with Crippen molar-refractivity contribution in [1.82, 2.24) is 18.4 Å². The molecule has 1 aliphatic carbocycles. The average molecular weight is 415 g/mol. The number of amides is 2. The first-order chi connectivity index (χ1) is 13.4. The van der Waals surface area contributed by atoms with Crippen molar-refractivity contribution < 1.29 is 18.0 Å². The highest BCUT2D eigenvalue weighted by Gasteiger charge is 2.35. The molecule has 8 nitrogen and oxygen atoms in total. The molecule has 28 heavy (non-hydrogen) atoms. The molecular formula is C19H34N4O4S. The zero-order valence-corrected chi connectivity index (χ0v) is 17.8. The molecule has 0 bridgehead atoms. The Kier molecular flexibility index (Phi) is 7.33. The van der Waals surface area contributed by atoms with Crippen molar-refractivity contribution in [2.24, 2.45) is 0 Å². The summed E-state index contributed by atoms with van der Waals surface area (Å²) >= 11 is 0. The first-order valence-corrected chi connectivity index (χ1v) is 12.1. The fraction of sp³-hybridized carbons (Fsp3) is 0.895. The Labute approximate surface area is 169 Å². The van der Waals surface area contributed by atoms with E-state index in [4.69, 9.17) is 0 Å². The van der Waals surface area contributed by atoms with E-state index < -0.39 is 10.2 Å². The van der Waals surface area contributed by atoms with Crippen molar-refractivity contribution in [3.05, 3.63) is 0 Å². The molecule has 3 rings (SSSR count). The first kappa shape index (κ1) is 21.5. The summed E-state index contributed by atoms with van der Waals surface area (Å²) in [5.74, 6) is -0.0193. The number of likely N-dealkylation sites (tertiary alicyclic amines) is 1. The van der Waals surface area contributed by atoms with Gasteiger partial charge in [0.2, 0.25) is 11.8 Å². The Morgan fingerprint density at radius 1 is 0.964 bits per heavy atom. The third-order valence-electron chi connectivity index (χ3n) is 6.37. The Balaban J connectivity index is 1.51. The second-order valence-electron chi connectivity index (χ2n) is 8.22. The van der Waals surface area contributed by atoms with Crippen molar-refractivity contribution in [3.63, 3.8) is 0 Å². The van der Waals surface area contributed by atoms with Crippen LogP contribution in [0.3, 0.4) is 0 Å². The smallest absolute Gasteiger partial charge is 0.282 e. The van der Waals surface area contributed by atoms with E-state index >= 15 is 0 Å². The SMILES string of the molecule is CN(C1CCCCC1)S(=O)(=O)N1CCN(C(=O)CN2CCCCCC2=O)CC1. The molecule has 0 aromatic carbocycles. The quantitative estimate of drug-likeness (QED) is 0.673. The maximum absolute atomic E-state index is 13.0. The van der Waals surface area contributed by atoms with Crippen molar-refractivity contribution in [3.8, 4) is 0 Å². The first-order valence-electron chi connectivity index (χ1n) is 10.7. The van der Waals surface area contributed by atoms with Crippen LogP contribution in [0, 0.1) is 0 Å². The lowest BCUT2D eigenvalue weighted by Crippen LogP contribution is -2.56. The molecule has 0 radical (unpaired) electrons. The molecule has 0 aromatic rings. The molecular weight excluding hydrogens is 380 g/mol. The molecule has 1 saturated carbocycles. The monoisotopic (exact) mass is 414 g/mol. The van der Waals surface area contributed by atoms with Crippen LogP contribution in [0.4, 0.5) is 0 Å². The molecule has 2 heterocycles. The second-order valence-corrected chi connectivity index (χ2v) is 10.2. The summed E-state index contributed by atoms with van der Waals surface area (Å²) < 4.78 is 29.0. The third kappa shape index (κ3) is 5.04. The maximum Gasteiger partial charge on any atom is 0.282 e. The zero-order valence-electron chi connectivity index (χ0n) is 17.0. The Bertz CT molecular complexity index is 655. The van der Waals surface area contributed by atoms with Gasteiger partial charge in [-0.25, -0.2) is 0 Å². The summed E-state index contributed by atoms with van der Waals surface area (Å²) in [5.41, 5.74) is 0. The van der Waals surface area contributed by atoms with Gasteiger partial charge in [-0.05, 0) is 25.7 Å². The van der Waals surface area contributed by atoms with Gasteiger partial charge in [0, 0.05) is 52.2 Å². The van der Waals surface area contributed by atoms with E-state index in [0.717, 1.165) is 44.9 Å². The lowest BCUT2D eigenvalue weighted by atomic mass is 9.96. The van der Waals surface area contributed by atoms with Crippen molar-refractivity contribution in [2.45, 2.75) is 63.8 Å². The van der Waals surface area contributed by atoms with Crippen molar-refractivity contribution in [1.29, 1.82) is 0 Å². The minimum absolute atomic E-state index is 0.0566. The summed E-state index contributed by atoms with van der Waals surface area (Å²) in [4.78, 5) is 28.1. The van der Waals surface area contributed by atoms with Crippen LogP contribution in [-0.2, 0) is 19.8 Å². The van der Waals surface area contributed by atoms with Gasteiger partial charge in [0.25, 0.3) is 10.2 Å². The largest absolute Gasteiger partial charge is 0.339 e. The van der Waals surface area contributed by atoms with E-state index in [1.807, 2.05) is 0 Å². The fourth-order valence-electron chi connectivity index (χ4n) is 4.45. The third-order valence-corrected chi connectivity index (χ3v) is 8.41. The van der Waals surface area contributed by atoms with Crippen LogP contribution in [-0.4, -0.2) is 91.0 Å². The highest BCUT2D eigenvalue weighted by molar-refractivity contribution is 7.86. The summed E-state index contributed by atoms with van der Waals surface area (Å²) in [5, 5.41) is 0. The minimum atomic E-state index is -3.49. The van der Waals surface area contributed by atoms with Crippen LogP contribution in [0.2, 0.25) is 0 Å². The number of piperazine rings is 1. The molecule has 2 aliphatic heterocycles. The van der Waals surface area contributed by atoms with Gasteiger partial charge in [-0.2, -0.15) is 17.0 Å². The van der Waals surface area contributed by atoms with Crippen LogP contribution < -0.4 is 0 Å². The molecule has 2 amide bonds. The van der Waals surface area contributed by atoms with Gasteiger partial charge < -0.3 is 9.80 Å². The Morgan fingerprint density at radius 2 is 1.61 bits per heavy atom. The van der Waals surface area contributed by atoms with Gasteiger partial charge in [-0.3, -0.25) is 9.59 Å². The summed E-state index contributed by atoms with van der Waals surface area (Å²) in [6.45, 7) is 2.17. The standard InChI is InChI=1S/C19H34N4O4S/c1-20(17-8-4-2-5-9-17)28(26,27)23-14-12-21(13-15-23)19(25)16-22-11-7-3-6-10-18(22)24/h17H,2-16H2,1H3. The highest BCUT2D eigenvalue weighted by atomic mass is 32.2. The van der Waals surface area contributed by atoms with E-state index in [0.29, 0.717) is 39.1 Å². The Morgan fingerprint density at radius 3 is 2.29 bits per heavy atom. The van der Waals surface area contributed by atoms with E-state index in [1.165, 1.54) is 10.7 Å². The molecule has 0 unspecified atom stereocenters. The number of rotatable bonds is 5. The highest BCUT2D eigenvalue weighted by Crippen LogP contribution is 2.25. The van der Waals surface area contributed by atoms with Crippen LogP contribution in [0.25, 0.3) is 0 Å². The van der Waals surface area contributed by atoms with Gasteiger partial charge in [0.05, 0.1) is 6.54 Å². The molecule has 3 aliphatic rings. The number of hydrogen-bond donors (Lipinski definition) is 0. The fourth-order valence-corrected chi connectivity index (χ4v) is 6.03. The molecule has 3 fully saturated rings. The predicted octanol–water partition coefficient (Wildman–Crippen LogP) is 1.04. The topological polar surface area (TPSA) is 81.2 Å². The zero-order chi connectivity index (χ0) is 20.1. The van der Waals surface area contributed by atoms with Gasteiger partial charge >= 0.3 is 0 Å². The van der Waals surface area contributed by atoms with Crippen molar-refractivity contribution in [2.75, 3.05) is 46.3 Å². The van der Waals surface area contributed by atoms with Crippen LogP contribution >= 0.6 is 0 Å². The van der Waals surface area contributed by atoms with E-state index in [1.54, 1.807) is 21.2 Å². The molecule has 2 saturated heterocycles. The molecule has 9 heteroatoms. The van der Waals surface area contributed by atoms with Crippen LogP contribution in [0.1, 0.15) is 57.8 Å². The number of carbonyl (C=O) groups is 2. The van der Waals surface area contributed by atoms with E-state index in [9.17, 15) is 18.0 Å². The molecule has 0 atom stereocenters. The molecule has 160 valence electrons. The summed E-state index contributed by atoms with van der Waals surface area (Å²) in [6.07, 6.45) is 8.60. The second kappa shape index (κ2) is 9.54. The van der Waals surface area contributed by atoms with Crippen LogP contribution in [0.15, 0.2) is 0 Å². The lowest BCUT2D eigenvalue weighted by molar-refractivity contribution is -0.140. The van der Waals surface area contributed by atoms with Gasteiger partial charge in [-0.15, -0.1) is 0 Å². The van der Waals surface area contributed by atoms with Gasteiger partial charge in [0.15, 0.2) is 0 Å². The average Bonchev–Trinajstić information content (AvgIpc) is 2.92. The maximum atomic E-state index is 13.0. The number of hydrogen-bond acceptors (Lipinski definition) is 4.